The second kappa shape index (κ2) is 10.1. The number of benzene rings is 1. The molecule has 1 aromatic heterocycles. The number of nitrogens with one attached hydrogen (secondary N) is 1. The summed E-state index contributed by atoms with van der Waals surface area (Å²) in [4.78, 5) is 16.9. The van der Waals surface area contributed by atoms with Gasteiger partial charge in [0.05, 0.1) is 0 Å². The molecule has 0 saturated carbocycles. The van der Waals surface area contributed by atoms with Gasteiger partial charge in [-0.25, -0.2) is 0 Å². The molecule has 0 radical (unpaired) electrons. The fourth-order valence-electron chi connectivity index (χ4n) is 3.38. The molecule has 5 nitrogen and oxygen atoms in total. The van der Waals surface area contributed by atoms with Gasteiger partial charge in [-0.1, -0.05) is 30.3 Å². The van der Waals surface area contributed by atoms with Crippen molar-refractivity contribution in [2.45, 2.75) is 25.9 Å². The molecule has 2 aromatic rings. The summed E-state index contributed by atoms with van der Waals surface area (Å²) in [7, 11) is 0. The van der Waals surface area contributed by atoms with Crippen LogP contribution >= 0.6 is 0 Å². The van der Waals surface area contributed by atoms with Crippen LogP contribution in [0.4, 0.5) is 0 Å². The van der Waals surface area contributed by atoms with Crippen LogP contribution in [0.1, 0.15) is 18.4 Å². The van der Waals surface area contributed by atoms with Gasteiger partial charge in [0.25, 0.3) is 0 Å². The van der Waals surface area contributed by atoms with E-state index in [1.807, 2.05) is 29.1 Å². The third-order valence-electron chi connectivity index (χ3n) is 4.95. The highest BCUT2D eigenvalue weighted by Gasteiger charge is 2.16. The molecule has 0 spiro atoms. The van der Waals surface area contributed by atoms with Crippen LogP contribution in [-0.4, -0.2) is 59.5 Å². The minimum Gasteiger partial charge on any atom is -0.356 e. The molecule has 26 heavy (non-hydrogen) atoms. The molecule has 5 heteroatoms. The monoisotopic (exact) mass is 354 g/mol. The predicted octanol–water partition coefficient (Wildman–Crippen LogP) is 2.20. The molecule has 1 N–H and O–H groups in total. The molecule has 1 aromatic carbocycles. The van der Waals surface area contributed by atoms with E-state index >= 15 is 0 Å². The smallest absolute Gasteiger partial charge is 0.221 e. The zero-order valence-corrected chi connectivity index (χ0v) is 15.5. The fourth-order valence-corrected chi connectivity index (χ4v) is 3.38. The van der Waals surface area contributed by atoms with Crippen molar-refractivity contribution in [1.82, 2.24) is 19.7 Å². The molecule has 1 aliphatic heterocycles. The first-order valence-corrected chi connectivity index (χ1v) is 9.66. The summed E-state index contributed by atoms with van der Waals surface area (Å²) in [5, 5.41) is 3.04. The second-order valence-electron chi connectivity index (χ2n) is 6.98. The Morgan fingerprint density at radius 1 is 0.885 bits per heavy atom. The van der Waals surface area contributed by atoms with Crippen molar-refractivity contribution in [3.05, 3.63) is 60.4 Å². The summed E-state index contributed by atoms with van der Waals surface area (Å²) in [6.45, 7) is 8.12. The zero-order chi connectivity index (χ0) is 18.0. The van der Waals surface area contributed by atoms with Crippen molar-refractivity contribution in [2.75, 3.05) is 39.3 Å². The van der Waals surface area contributed by atoms with Gasteiger partial charge in [-0.15, -0.1) is 0 Å². The van der Waals surface area contributed by atoms with E-state index in [9.17, 15) is 4.79 Å². The molecule has 0 aliphatic carbocycles. The third kappa shape index (κ3) is 6.32. The fraction of sp³-hybridized carbons (Fsp3) is 0.476. The minimum atomic E-state index is 0.145. The number of aryl methyl sites for hydroxylation is 1. The first kappa shape index (κ1) is 18.7. The lowest BCUT2D eigenvalue weighted by atomic mass is 10.2. The van der Waals surface area contributed by atoms with Gasteiger partial charge >= 0.3 is 0 Å². The van der Waals surface area contributed by atoms with Crippen molar-refractivity contribution in [1.29, 1.82) is 0 Å². The Morgan fingerprint density at radius 2 is 1.58 bits per heavy atom. The number of hydrogen-bond donors (Lipinski definition) is 1. The standard InChI is InChI=1S/C21H30N4O/c26-21(9-14-23-11-4-5-12-23)22-10-6-13-24-15-17-25(18-16-24)19-20-7-2-1-3-8-20/h1-5,7-8,11-12H,6,9-10,13-19H2,(H,22,26). The number of carbonyl (C=O) groups excluding carboxylic acids is 1. The quantitative estimate of drug-likeness (QED) is 0.702. The summed E-state index contributed by atoms with van der Waals surface area (Å²) in [5.41, 5.74) is 1.39. The largest absolute Gasteiger partial charge is 0.356 e. The van der Waals surface area contributed by atoms with Crippen LogP contribution in [0.25, 0.3) is 0 Å². The van der Waals surface area contributed by atoms with Gasteiger partial charge in [-0.3, -0.25) is 9.69 Å². The summed E-state index contributed by atoms with van der Waals surface area (Å²) in [6.07, 6.45) is 5.55. The molecule has 0 unspecified atom stereocenters. The highest BCUT2D eigenvalue weighted by Crippen LogP contribution is 2.08. The highest BCUT2D eigenvalue weighted by atomic mass is 16.1. The van der Waals surface area contributed by atoms with Gasteiger partial charge in [0, 0.05) is 64.6 Å². The van der Waals surface area contributed by atoms with Crippen LogP contribution in [0.15, 0.2) is 54.9 Å². The number of carbonyl (C=O) groups is 1. The predicted molar refractivity (Wildman–Crippen MR) is 105 cm³/mol. The number of amides is 1. The van der Waals surface area contributed by atoms with Gasteiger partial charge in [0.2, 0.25) is 5.91 Å². The Labute approximate surface area is 156 Å². The molecule has 2 heterocycles. The molecule has 1 fully saturated rings. The molecule has 0 bridgehead atoms. The number of hydrogen-bond acceptors (Lipinski definition) is 3. The lowest BCUT2D eigenvalue weighted by Gasteiger charge is -2.34. The average molecular weight is 354 g/mol. The van der Waals surface area contributed by atoms with E-state index in [4.69, 9.17) is 0 Å². The van der Waals surface area contributed by atoms with Crippen LogP contribution in [0.5, 0.6) is 0 Å². The van der Waals surface area contributed by atoms with Gasteiger partial charge in [-0.2, -0.15) is 0 Å². The summed E-state index contributed by atoms with van der Waals surface area (Å²) >= 11 is 0. The minimum absolute atomic E-state index is 0.145. The van der Waals surface area contributed by atoms with Crippen LogP contribution in [0.2, 0.25) is 0 Å². The normalized spacial score (nSPS) is 15.8. The summed E-state index contributed by atoms with van der Waals surface area (Å²) in [6, 6.07) is 14.7. The molecule has 140 valence electrons. The van der Waals surface area contributed by atoms with Crippen molar-refractivity contribution >= 4 is 5.91 Å². The van der Waals surface area contributed by atoms with Gasteiger partial charge < -0.3 is 14.8 Å². The molecular formula is C21H30N4O. The van der Waals surface area contributed by atoms with E-state index in [2.05, 4.69) is 45.4 Å². The van der Waals surface area contributed by atoms with E-state index in [1.54, 1.807) is 0 Å². The van der Waals surface area contributed by atoms with E-state index in [-0.39, 0.29) is 5.91 Å². The van der Waals surface area contributed by atoms with Crippen LogP contribution in [-0.2, 0) is 17.9 Å². The van der Waals surface area contributed by atoms with E-state index in [1.165, 1.54) is 5.56 Å². The van der Waals surface area contributed by atoms with E-state index < -0.39 is 0 Å². The van der Waals surface area contributed by atoms with Gasteiger partial charge in [-0.05, 0) is 30.7 Å². The maximum Gasteiger partial charge on any atom is 0.221 e. The molecule has 3 rings (SSSR count). The summed E-state index contributed by atoms with van der Waals surface area (Å²) in [5.74, 6) is 0.145. The lowest BCUT2D eigenvalue weighted by Crippen LogP contribution is -2.46. The lowest BCUT2D eigenvalue weighted by molar-refractivity contribution is -0.121. The first-order chi connectivity index (χ1) is 12.8. The first-order valence-electron chi connectivity index (χ1n) is 9.66. The van der Waals surface area contributed by atoms with Gasteiger partial charge in [0.15, 0.2) is 0 Å². The summed E-state index contributed by atoms with van der Waals surface area (Å²) < 4.78 is 2.04. The second-order valence-corrected chi connectivity index (χ2v) is 6.98. The van der Waals surface area contributed by atoms with Crippen LogP contribution < -0.4 is 5.32 Å². The van der Waals surface area contributed by atoms with Crippen molar-refractivity contribution in [3.63, 3.8) is 0 Å². The molecule has 1 aliphatic rings. The van der Waals surface area contributed by atoms with Gasteiger partial charge in [0.1, 0.15) is 0 Å². The number of rotatable bonds is 9. The topological polar surface area (TPSA) is 40.5 Å². The Balaban J connectivity index is 1.23. The molecule has 1 saturated heterocycles. The molecule has 1 amide bonds. The number of aromatic nitrogens is 1. The Kier molecular flexibility index (Phi) is 7.28. The Morgan fingerprint density at radius 3 is 2.31 bits per heavy atom. The third-order valence-corrected chi connectivity index (χ3v) is 4.95. The van der Waals surface area contributed by atoms with E-state index in [0.29, 0.717) is 6.42 Å². The van der Waals surface area contributed by atoms with Crippen LogP contribution in [0.3, 0.4) is 0 Å². The zero-order valence-electron chi connectivity index (χ0n) is 15.5. The maximum atomic E-state index is 11.9. The highest BCUT2D eigenvalue weighted by molar-refractivity contribution is 5.75. The van der Waals surface area contributed by atoms with Crippen LogP contribution in [0, 0.1) is 0 Å². The number of nitrogens with zero attached hydrogens (tertiary/aromatic N) is 3. The Bertz CT molecular complexity index is 633. The maximum absolute atomic E-state index is 11.9. The van der Waals surface area contributed by atoms with Crippen molar-refractivity contribution < 1.29 is 4.79 Å². The van der Waals surface area contributed by atoms with Crippen molar-refractivity contribution in [3.8, 4) is 0 Å². The van der Waals surface area contributed by atoms with Crippen molar-refractivity contribution in [2.24, 2.45) is 0 Å². The molecule has 0 atom stereocenters. The number of piperazine rings is 1. The SMILES string of the molecule is O=C(CCn1cccc1)NCCCN1CCN(Cc2ccccc2)CC1. The molecular weight excluding hydrogens is 324 g/mol. The Hall–Kier alpha value is -2.11. The van der Waals surface area contributed by atoms with E-state index in [0.717, 1.165) is 58.8 Å². The average Bonchev–Trinajstić information content (AvgIpc) is 3.19.